The van der Waals surface area contributed by atoms with E-state index in [0.717, 1.165) is 6.20 Å². The molecule has 1 heterocycles. The van der Waals surface area contributed by atoms with Crippen LogP contribution in [-0.2, 0) is 4.79 Å². The molecular weight excluding hydrogens is 440 g/mol. The van der Waals surface area contributed by atoms with Gasteiger partial charge in [0, 0.05) is 36.6 Å². The summed E-state index contributed by atoms with van der Waals surface area (Å²) in [5, 5.41) is 10.2. The van der Waals surface area contributed by atoms with E-state index in [2.05, 4.69) is 4.98 Å². The van der Waals surface area contributed by atoms with Gasteiger partial charge in [-0.05, 0) is 38.1 Å². The molecular formula is C25H26N2O7. The van der Waals surface area contributed by atoms with Crippen LogP contribution in [0, 0.1) is 0 Å². The smallest absolute Gasteiger partial charge is 0.337 e. The fourth-order valence-corrected chi connectivity index (χ4v) is 3.26. The molecule has 178 valence electrons. The van der Waals surface area contributed by atoms with Crippen molar-refractivity contribution >= 4 is 28.4 Å². The maximum absolute atomic E-state index is 13.4. The van der Waals surface area contributed by atoms with Crippen molar-refractivity contribution in [2.75, 3.05) is 27.8 Å². The zero-order valence-corrected chi connectivity index (χ0v) is 19.6. The molecule has 9 heteroatoms. The average molecular weight is 466 g/mol. The molecule has 0 radical (unpaired) electrons. The van der Waals surface area contributed by atoms with E-state index < -0.39 is 11.8 Å². The van der Waals surface area contributed by atoms with Crippen LogP contribution < -0.4 is 14.2 Å². The van der Waals surface area contributed by atoms with E-state index in [1.807, 2.05) is 13.8 Å². The molecule has 0 saturated carbocycles. The molecule has 3 aromatic rings. The molecule has 0 saturated heterocycles. The highest BCUT2D eigenvalue weighted by Gasteiger charge is 2.22. The summed E-state index contributed by atoms with van der Waals surface area (Å²) in [6, 6.07) is 9.63. The molecule has 1 aromatic heterocycles. The lowest BCUT2D eigenvalue weighted by Gasteiger charge is -2.16. The number of ether oxygens (including phenoxy) is 3. The highest BCUT2D eigenvalue weighted by Crippen LogP contribution is 2.36. The Morgan fingerprint density at radius 1 is 1.06 bits per heavy atom. The number of likely N-dealkylation sites (N-methyl/N-ethyl adjacent to an activating group) is 1. The number of carboxylic acid groups (broad SMARTS) is 1. The van der Waals surface area contributed by atoms with Crippen LogP contribution in [0.25, 0.3) is 10.8 Å². The minimum Gasteiger partial charge on any atom is -0.493 e. The van der Waals surface area contributed by atoms with Crippen molar-refractivity contribution in [1.29, 1.82) is 0 Å². The summed E-state index contributed by atoms with van der Waals surface area (Å²) in [7, 11) is 4.59. The van der Waals surface area contributed by atoms with Crippen LogP contribution in [-0.4, -0.2) is 66.6 Å². The predicted molar refractivity (Wildman–Crippen MR) is 125 cm³/mol. The standard InChI is InChI=1S/C25H26N2O7/c1-14(2)34-16-8-6-7-15(9-16)24(29)23-18-11-20(32-5)21(33-13-22(28)27(3)4)10-17(18)19(12-26-23)25(30)31/h6-12,14H,13H2,1-5H3,(H,30,31). The fourth-order valence-electron chi connectivity index (χ4n) is 3.26. The minimum absolute atomic E-state index is 0.0518. The van der Waals surface area contributed by atoms with E-state index in [9.17, 15) is 19.5 Å². The van der Waals surface area contributed by atoms with Gasteiger partial charge < -0.3 is 24.2 Å². The van der Waals surface area contributed by atoms with Crippen molar-refractivity contribution in [3.63, 3.8) is 0 Å². The number of hydrogen-bond donors (Lipinski definition) is 1. The average Bonchev–Trinajstić information content (AvgIpc) is 2.80. The van der Waals surface area contributed by atoms with Gasteiger partial charge >= 0.3 is 5.97 Å². The zero-order chi connectivity index (χ0) is 25.0. The molecule has 0 aliphatic rings. The molecule has 0 bridgehead atoms. The molecule has 34 heavy (non-hydrogen) atoms. The summed E-state index contributed by atoms with van der Waals surface area (Å²) >= 11 is 0. The number of pyridine rings is 1. The normalized spacial score (nSPS) is 10.8. The van der Waals surface area contributed by atoms with E-state index in [-0.39, 0.29) is 52.1 Å². The highest BCUT2D eigenvalue weighted by molar-refractivity contribution is 6.18. The van der Waals surface area contributed by atoms with Gasteiger partial charge in [-0.15, -0.1) is 0 Å². The number of nitrogens with zero attached hydrogens (tertiary/aromatic N) is 2. The topological polar surface area (TPSA) is 115 Å². The second kappa shape index (κ2) is 10.2. The largest absolute Gasteiger partial charge is 0.493 e. The number of methoxy groups -OCH3 is 1. The van der Waals surface area contributed by atoms with Crippen LogP contribution in [0.15, 0.2) is 42.6 Å². The second-order valence-corrected chi connectivity index (χ2v) is 7.97. The SMILES string of the molecule is COc1cc2c(C(=O)c3cccc(OC(C)C)c3)ncc(C(=O)O)c2cc1OCC(=O)N(C)C. The van der Waals surface area contributed by atoms with E-state index >= 15 is 0 Å². The number of rotatable bonds is 9. The van der Waals surface area contributed by atoms with Crippen molar-refractivity contribution in [2.24, 2.45) is 0 Å². The third-order valence-corrected chi connectivity index (χ3v) is 4.94. The molecule has 1 amide bonds. The number of carbonyl (C=O) groups excluding carboxylic acids is 2. The summed E-state index contributed by atoms with van der Waals surface area (Å²) in [5.74, 6) is -0.973. The van der Waals surface area contributed by atoms with E-state index in [0.29, 0.717) is 11.3 Å². The molecule has 1 N–H and O–H groups in total. The summed E-state index contributed by atoms with van der Waals surface area (Å²) in [4.78, 5) is 42.7. The van der Waals surface area contributed by atoms with Crippen LogP contribution in [0.3, 0.4) is 0 Å². The van der Waals surface area contributed by atoms with Gasteiger partial charge in [0.15, 0.2) is 18.1 Å². The number of fused-ring (bicyclic) bond motifs is 1. The van der Waals surface area contributed by atoms with Crippen molar-refractivity contribution in [2.45, 2.75) is 20.0 Å². The number of aromatic carboxylic acids is 1. The number of benzene rings is 2. The van der Waals surface area contributed by atoms with Crippen molar-refractivity contribution in [1.82, 2.24) is 9.88 Å². The Hall–Kier alpha value is -4.14. The zero-order valence-electron chi connectivity index (χ0n) is 19.6. The van der Waals surface area contributed by atoms with Gasteiger partial charge in [-0.1, -0.05) is 12.1 Å². The van der Waals surface area contributed by atoms with Gasteiger partial charge in [-0.3, -0.25) is 14.6 Å². The monoisotopic (exact) mass is 466 g/mol. The number of hydrogen-bond acceptors (Lipinski definition) is 7. The number of amides is 1. The number of carboxylic acids is 1. The van der Waals surface area contributed by atoms with Gasteiger partial charge in [-0.2, -0.15) is 0 Å². The first-order valence-corrected chi connectivity index (χ1v) is 10.5. The Bertz CT molecular complexity index is 1250. The number of carbonyl (C=O) groups is 3. The minimum atomic E-state index is -1.22. The van der Waals surface area contributed by atoms with Crippen molar-refractivity contribution < 1.29 is 33.7 Å². The highest BCUT2D eigenvalue weighted by atomic mass is 16.5. The molecule has 0 aliphatic heterocycles. The predicted octanol–water partition coefficient (Wildman–Crippen LogP) is 3.43. The summed E-state index contributed by atoms with van der Waals surface area (Å²) in [6.07, 6.45) is 1.06. The fraction of sp³-hybridized carbons (Fsp3) is 0.280. The maximum Gasteiger partial charge on any atom is 0.337 e. The van der Waals surface area contributed by atoms with Crippen LogP contribution in [0.2, 0.25) is 0 Å². The lowest BCUT2D eigenvalue weighted by Crippen LogP contribution is -2.27. The van der Waals surface area contributed by atoms with E-state index in [1.165, 1.54) is 24.1 Å². The maximum atomic E-state index is 13.4. The van der Waals surface area contributed by atoms with Gasteiger partial charge in [-0.25, -0.2) is 4.79 Å². The summed E-state index contributed by atoms with van der Waals surface area (Å²) < 4.78 is 16.7. The first kappa shape index (κ1) is 24.5. The van der Waals surface area contributed by atoms with E-state index in [1.54, 1.807) is 38.4 Å². The lowest BCUT2D eigenvalue weighted by atomic mass is 9.99. The van der Waals surface area contributed by atoms with Gasteiger partial charge in [0.05, 0.1) is 18.8 Å². The molecule has 0 spiro atoms. The van der Waals surface area contributed by atoms with Crippen LogP contribution >= 0.6 is 0 Å². The molecule has 9 nitrogen and oxygen atoms in total. The Kier molecular flexibility index (Phi) is 7.35. The Labute approximate surface area is 196 Å². The Morgan fingerprint density at radius 2 is 1.76 bits per heavy atom. The second-order valence-electron chi connectivity index (χ2n) is 7.97. The molecule has 0 unspecified atom stereocenters. The van der Waals surface area contributed by atoms with E-state index in [4.69, 9.17) is 14.2 Å². The molecule has 0 aliphatic carbocycles. The first-order chi connectivity index (χ1) is 16.1. The Morgan fingerprint density at radius 3 is 2.38 bits per heavy atom. The van der Waals surface area contributed by atoms with Gasteiger partial charge in [0.1, 0.15) is 11.4 Å². The quantitative estimate of drug-likeness (QED) is 0.477. The first-order valence-electron chi connectivity index (χ1n) is 10.5. The number of ketones is 1. The molecule has 3 rings (SSSR count). The lowest BCUT2D eigenvalue weighted by molar-refractivity contribution is -0.130. The van der Waals surface area contributed by atoms with Gasteiger partial charge in [0.2, 0.25) is 5.78 Å². The Balaban J connectivity index is 2.13. The van der Waals surface area contributed by atoms with Crippen LogP contribution in [0.5, 0.6) is 17.2 Å². The third-order valence-electron chi connectivity index (χ3n) is 4.94. The number of aromatic nitrogens is 1. The van der Waals surface area contributed by atoms with Crippen LogP contribution in [0.1, 0.15) is 40.3 Å². The van der Waals surface area contributed by atoms with Crippen molar-refractivity contribution in [3.05, 3.63) is 59.4 Å². The van der Waals surface area contributed by atoms with Gasteiger partial charge in [0.25, 0.3) is 5.91 Å². The summed E-state index contributed by atoms with van der Waals surface area (Å²) in [5.41, 5.74) is 0.275. The summed E-state index contributed by atoms with van der Waals surface area (Å²) in [6.45, 7) is 3.50. The third kappa shape index (κ3) is 5.25. The molecule has 0 fully saturated rings. The van der Waals surface area contributed by atoms with Crippen molar-refractivity contribution in [3.8, 4) is 17.2 Å². The molecule has 2 aromatic carbocycles. The van der Waals surface area contributed by atoms with Crippen LogP contribution in [0.4, 0.5) is 0 Å². The molecule has 0 atom stereocenters.